The van der Waals surface area contributed by atoms with Crippen molar-refractivity contribution in [2.75, 3.05) is 10.2 Å². The molecule has 1 aliphatic heterocycles. The normalized spacial score (nSPS) is 16.1. The van der Waals surface area contributed by atoms with Crippen LogP contribution in [0.3, 0.4) is 0 Å². The molecule has 0 saturated heterocycles. The van der Waals surface area contributed by atoms with Crippen LogP contribution >= 0.6 is 15.9 Å². The van der Waals surface area contributed by atoms with E-state index in [1.165, 1.54) is 11.3 Å². The number of hydrogen-bond donors (Lipinski definition) is 1. The summed E-state index contributed by atoms with van der Waals surface area (Å²) in [6, 6.07) is 18.9. The molecular weight excluding hydrogens is 364 g/mol. The van der Waals surface area contributed by atoms with Gasteiger partial charge in [0.15, 0.2) is 0 Å². The number of hydrogen-bond acceptors (Lipinski definition) is 4. The van der Waals surface area contributed by atoms with Crippen LogP contribution in [0.2, 0.25) is 0 Å². The van der Waals surface area contributed by atoms with Crippen molar-refractivity contribution in [3.05, 3.63) is 71.0 Å². The van der Waals surface area contributed by atoms with Gasteiger partial charge in [-0.3, -0.25) is 0 Å². The highest BCUT2D eigenvalue weighted by Crippen LogP contribution is 2.37. The molecule has 0 fully saturated rings. The lowest BCUT2D eigenvalue weighted by Crippen LogP contribution is -2.24. The number of rotatable bonds is 3. The summed E-state index contributed by atoms with van der Waals surface area (Å²) in [7, 11) is 0. The van der Waals surface area contributed by atoms with Gasteiger partial charge in [-0.1, -0.05) is 30.3 Å². The zero-order valence-electron chi connectivity index (χ0n) is 13.3. The molecule has 2 aromatic carbocycles. The van der Waals surface area contributed by atoms with Crippen LogP contribution in [0.1, 0.15) is 12.5 Å². The van der Waals surface area contributed by atoms with Crippen molar-refractivity contribution < 1.29 is 0 Å². The van der Waals surface area contributed by atoms with Gasteiger partial charge in [0.05, 0.1) is 5.69 Å². The lowest BCUT2D eigenvalue weighted by atomic mass is 10.1. The summed E-state index contributed by atoms with van der Waals surface area (Å²) in [5.41, 5.74) is 3.58. The van der Waals surface area contributed by atoms with Crippen molar-refractivity contribution in [3.8, 4) is 0 Å². The fourth-order valence-electron chi connectivity index (χ4n) is 3.16. The zero-order chi connectivity index (χ0) is 16.5. The maximum atomic E-state index is 4.50. The molecular formula is C19H17BrN4. The Kier molecular flexibility index (Phi) is 3.94. The topological polar surface area (TPSA) is 41.0 Å². The Labute approximate surface area is 149 Å². The highest BCUT2D eigenvalue weighted by atomic mass is 79.9. The van der Waals surface area contributed by atoms with Crippen molar-refractivity contribution in [2.24, 2.45) is 0 Å². The van der Waals surface area contributed by atoms with Crippen molar-refractivity contribution in [1.29, 1.82) is 0 Å². The molecule has 3 aromatic rings. The molecule has 0 saturated carbocycles. The lowest BCUT2D eigenvalue weighted by Gasteiger charge is -2.24. The molecule has 2 heterocycles. The van der Waals surface area contributed by atoms with Gasteiger partial charge < -0.3 is 10.2 Å². The number of benzene rings is 2. The first-order chi connectivity index (χ1) is 11.7. The van der Waals surface area contributed by atoms with Crippen molar-refractivity contribution in [3.63, 3.8) is 0 Å². The molecule has 0 spiro atoms. The number of nitrogens with one attached hydrogen (secondary N) is 1. The molecule has 5 heteroatoms. The smallest absolute Gasteiger partial charge is 0.138 e. The molecule has 120 valence electrons. The molecule has 1 atom stereocenters. The molecule has 1 N–H and O–H groups in total. The van der Waals surface area contributed by atoms with E-state index >= 15 is 0 Å². The fraction of sp³-hybridized carbons (Fsp3) is 0.158. The van der Waals surface area contributed by atoms with Gasteiger partial charge in [0, 0.05) is 22.3 Å². The van der Waals surface area contributed by atoms with Gasteiger partial charge in [0.2, 0.25) is 0 Å². The summed E-state index contributed by atoms with van der Waals surface area (Å²) < 4.78 is 1.00. The van der Waals surface area contributed by atoms with Crippen molar-refractivity contribution >= 4 is 38.9 Å². The quantitative estimate of drug-likeness (QED) is 0.688. The highest BCUT2D eigenvalue weighted by molar-refractivity contribution is 9.10. The van der Waals surface area contributed by atoms with Crippen LogP contribution in [0.5, 0.6) is 0 Å². The second-order valence-corrected chi connectivity index (χ2v) is 6.77. The number of nitrogens with zero attached hydrogens (tertiary/aromatic N) is 3. The number of fused-ring (bicyclic) bond motifs is 1. The van der Waals surface area contributed by atoms with E-state index in [4.69, 9.17) is 0 Å². The Morgan fingerprint density at radius 3 is 2.75 bits per heavy atom. The fourth-order valence-corrected chi connectivity index (χ4v) is 3.55. The average molecular weight is 381 g/mol. The summed E-state index contributed by atoms with van der Waals surface area (Å²) in [6.45, 7) is 2.23. The van der Waals surface area contributed by atoms with Gasteiger partial charge in [0.25, 0.3) is 0 Å². The van der Waals surface area contributed by atoms with Gasteiger partial charge in [-0.05, 0) is 53.0 Å². The van der Waals surface area contributed by atoms with Gasteiger partial charge in [-0.2, -0.15) is 0 Å². The minimum Gasteiger partial charge on any atom is -0.339 e. The Hall–Kier alpha value is -2.40. The summed E-state index contributed by atoms with van der Waals surface area (Å²) in [5.74, 6) is 1.69. The number of para-hydroxylation sites is 2. The van der Waals surface area contributed by atoms with E-state index in [-0.39, 0.29) is 0 Å². The van der Waals surface area contributed by atoms with Crippen LogP contribution < -0.4 is 10.2 Å². The largest absolute Gasteiger partial charge is 0.339 e. The molecule has 0 amide bonds. The SMILES string of the molecule is CC1Cc2ccccc2N1c1cc(Nc2ccccc2Br)ncn1. The molecule has 4 nitrogen and oxygen atoms in total. The second kappa shape index (κ2) is 6.24. The summed E-state index contributed by atoms with van der Waals surface area (Å²) in [5, 5.41) is 3.35. The van der Waals surface area contributed by atoms with Crippen LogP contribution in [0.4, 0.5) is 23.0 Å². The van der Waals surface area contributed by atoms with Gasteiger partial charge in [-0.25, -0.2) is 9.97 Å². The Morgan fingerprint density at radius 2 is 1.88 bits per heavy atom. The minimum atomic E-state index is 0.383. The number of halogens is 1. The van der Waals surface area contributed by atoms with E-state index < -0.39 is 0 Å². The third-order valence-corrected chi connectivity index (χ3v) is 4.93. The summed E-state index contributed by atoms with van der Waals surface area (Å²) in [4.78, 5) is 11.1. The molecule has 0 radical (unpaired) electrons. The van der Waals surface area contributed by atoms with Gasteiger partial charge >= 0.3 is 0 Å². The Bertz CT molecular complexity index is 881. The first kappa shape index (κ1) is 15.1. The predicted molar refractivity (Wildman–Crippen MR) is 101 cm³/mol. The minimum absolute atomic E-state index is 0.383. The Balaban J connectivity index is 1.67. The molecule has 1 unspecified atom stereocenters. The van der Waals surface area contributed by atoms with E-state index in [0.717, 1.165) is 28.2 Å². The number of aromatic nitrogens is 2. The van der Waals surface area contributed by atoms with Crippen LogP contribution in [-0.4, -0.2) is 16.0 Å². The van der Waals surface area contributed by atoms with E-state index in [1.807, 2.05) is 30.3 Å². The van der Waals surface area contributed by atoms with Crippen LogP contribution in [-0.2, 0) is 6.42 Å². The predicted octanol–water partition coefficient (Wildman–Crippen LogP) is 5.07. The number of anilines is 4. The highest BCUT2D eigenvalue weighted by Gasteiger charge is 2.27. The van der Waals surface area contributed by atoms with Gasteiger partial charge in [-0.15, -0.1) is 0 Å². The van der Waals surface area contributed by atoms with Gasteiger partial charge in [0.1, 0.15) is 18.0 Å². The van der Waals surface area contributed by atoms with Crippen LogP contribution in [0.15, 0.2) is 65.4 Å². The molecule has 24 heavy (non-hydrogen) atoms. The van der Waals surface area contributed by atoms with E-state index in [2.05, 4.69) is 67.3 Å². The summed E-state index contributed by atoms with van der Waals surface area (Å²) in [6.07, 6.45) is 2.65. The first-order valence-corrected chi connectivity index (χ1v) is 8.72. The maximum Gasteiger partial charge on any atom is 0.138 e. The van der Waals surface area contributed by atoms with Crippen molar-refractivity contribution in [1.82, 2.24) is 9.97 Å². The third kappa shape index (κ3) is 2.76. The first-order valence-electron chi connectivity index (χ1n) is 7.93. The molecule has 4 rings (SSSR count). The molecule has 0 aliphatic carbocycles. The van der Waals surface area contributed by atoms with E-state index in [9.17, 15) is 0 Å². The second-order valence-electron chi connectivity index (χ2n) is 5.92. The standard InChI is InChI=1S/C19H17BrN4/c1-13-10-14-6-2-5-9-17(14)24(13)19-11-18(21-12-22-19)23-16-8-4-3-7-15(16)20/h2-9,11-13H,10H2,1H3,(H,21,22,23). The van der Waals surface area contributed by atoms with E-state index in [1.54, 1.807) is 6.33 Å². The lowest BCUT2D eigenvalue weighted by molar-refractivity contribution is 0.749. The maximum absolute atomic E-state index is 4.50. The third-order valence-electron chi connectivity index (χ3n) is 4.24. The van der Waals surface area contributed by atoms with E-state index in [0.29, 0.717) is 6.04 Å². The monoisotopic (exact) mass is 380 g/mol. The van der Waals surface area contributed by atoms with Crippen LogP contribution in [0.25, 0.3) is 0 Å². The van der Waals surface area contributed by atoms with Crippen molar-refractivity contribution in [2.45, 2.75) is 19.4 Å². The molecule has 1 aromatic heterocycles. The molecule has 0 bridgehead atoms. The summed E-state index contributed by atoms with van der Waals surface area (Å²) >= 11 is 3.55. The Morgan fingerprint density at radius 1 is 1.08 bits per heavy atom. The zero-order valence-corrected chi connectivity index (χ0v) is 14.9. The molecule has 1 aliphatic rings. The van der Waals surface area contributed by atoms with Crippen LogP contribution in [0, 0.1) is 0 Å². The average Bonchev–Trinajstić information content (AvgIpc) is 2.93.